The molecule has 0 atom stereocenters. The number of nitrogens with zero attached hydrogens (tertiary/aromatic N) is 1. The van der Waals surface area contributed by atoms with E-state index < -0.39 is 5.97 Å². The molecule has 2 aromatic rings. The number of carbonyl (C=O) groups is 2. The second-order valence-electron chi connectivity index (χ2n) is 5.25. The molecular weight excluding hydrogens is 352 g/mol. The van der Waals surface area contributed by atoms with Gasteiger partial charge in [0.1, 0.15) is 5.75 Å². The van der Waals surface area contributed by atoms with Gasteiger partial charge in [-0.25, -0.2) is 10.2 Å². The first kappa shape index (κ1) is 19.5. The van der Waals surface area contributed by atoms with E-state index in [1.807, 2.05) is 24.3 Å². The molecule has 0 saturated heterocycles. The number of carbonyl (C=O) groups excluding carboxylic acids is 2. The number of amides is 1. The highest BCUT2D eigenvalue weighted by atomic mass is 32.2. The zero-order valence-electron chi connectivity index (χ0n) is 14.6. The Balaban J connectivity index is 1.72. The Hall–Kier alpha value is -2.80. The molecule has 0 bridgehead atoms. The second kappa shape index (κ2) is 10.2. The molecule has 6 nitrogen and oxygen atoms in total. The van der Waals surface area contributed by atoms with Gasteiger partial charge in [-0.3, -0.25) is 4.79 Å². The molecule has 0 aliphatic carbocycles. The zero-order chi connectivity index (χ0) is 18.8. The summed E-state index contributed by atoms with van der Waals surface area (Å²) < 4.78 is 9.74. The van der Waals surface area contributed by atoms with Crippen molar-refractivity contribution in [3.63, 3.8) is 0 Å². The molecule has 0 heterocycles. The number of hydrazone groups is 1. The fourth-order valence-corrected chi connectivity index (χ4v) is 2.80. The smallest absolute Gasteiger partial charge is 0.337 e. The van der Waals surface area contributed by atoms with Crippen LogP contribution >= 0.6 is 11.8 Å². The summed E-state index contributed by atoms with van der Waals surface area (Å²) in [6.07, 6.45) is 1.52. The number of benzene rings is 2. The highest BCUT2D eigenvalue weighted by molar-refractivity contribution is 7.99. The van der Waals surface area contributed by atoms with Crippen LogP contribution in [0.3, 0.4) is 0 Å². The molecule has 0 aliphatic rings. The van der Waals surface area contributed by atoms with Crippen LogP contribution < -0.4 is 10.2 Å². The van der Waals surface area contributed by atoms with Crippen molar-refractivity contribution in [2.75, 3.05) is 20.0 Å². The second-order valence-corrected chi connectivity index (χ2v) is 6.23. The van der Waals surface area contributed by atoms with Gasteiger partial charge in [0.05, 0.1) is 31.8 Å². The first-order valence-electron chi connectivity index (χ1n) is 7.83. The van der Waals surface area contributed by atoms with Gasteiger partial charge in [0, 0.05) is 5.75 Å². The minimum absolute atomic E-state index is 0.175. The lowest BCUT2D eigenvalue weighted by Gasteiger charge is -2.03. The first-order chi connectivity index (χ1) is 12.6. The van der Waals surface area contributed by atoms with Crippen molar-refractivity contribution in [1.29, 1.82) is 0 Å². The van der Waals surface area contributed by atoms with E-state index in [4.69, 9.17) is 4.74 Å². The molecule has 2 rings (SSSR count). The molecule has 0 spiro atoms. The van der Waals surface area contributed by atoms with Gasteiger partial charge in [0.15, 0.2) is 0 Å². The van der Waals surface area contributed by atoms with Gasteiger partial charge < -0.3 is 9.47 Å². The third-order valence-corrected chi connectivity index (χ3v) is 4.40. The number of thioether (sulfide) groups is 1. The Bertz CT molecular complexity index is 758. The van der Waals surface area contributed by atoms with Crippen molar-refractivity contribution in [3.05, 3.63) is 65.2 Å². The Labute approximate surface area is 156 Å². The largest absolute Gasteiger partial charge is 0.497 e. The summed E-state index contributed by atoms with van der Waals surface area (Å²) >= 11 is 1.50. The Morgan fingerprint density at radius 3 is 2.38 bits per heavy atom. The summed E-state index contributed by atoms with van der Waals surface area (Å²) in [4.78, 5) is 23.1. The lowest BCUT2D eigenvalue weighted by Crippen LogP contribution is -2.19. The van der Waals surface area contributed by atoms with E-state index in [-0.39, 0.29) is 5.91 Å². The molecule has 2 aromatic carbocycles. The molecule has 0 saturated carbocycles. The number of ether oxygens (including phenoxy) is 2. The van der Waals surface area contributed by atoms with Crippen molar-refractivity contribution >= 4 is 29.9 Å². The van der Waals surface area contributed by atoms with Crippen LogP contribution in [0.15, 0.2) is 53.6 Å². The van der Waals surface area contributed by atoms with Gasteiger partial charge in [-0.15, -0.1) is 11.8 Å². The molecule has 0 aliphatic heterocycles. The Morgan fingerprint density at radius 2 is 1.77 bits per heavy atom. The molecule has 0 unspecified atom stereocenters. The van der Waals surface area contributed by atoms with Gasteiger partial charge in [0.2, 0.25) is 5.91 Å². The molecule has 26 heavy (non-hydrogen) atoms. The number of esters is 1. The van der Waals surface area contributed by atoms with Crippen molar-refractivity contribution < 1.29 is 19.1 Å². The third-order valence-electron chi connectivity index (χ3n) is 3.40. The molecule has 1 amide bonds. The minimum atomic E-state index is -0.393. The van der Waals surface area contributed by atoms with E-state index >= 15 is 0 Å². The summed E-state index contributed by atoms with van der Waals surface area (Å²) in [5.74, 6) is 1.29. The van der Waals surface area contributed by atoms with Crippen molar-refractivity contribution in [1.82, 2.24) is 5.43 Å². The normalized spacial score (nSPS) is 10.5. The summed E-state index contributed by atoms with van der Waals surface area (Å²) in [7, 11) is 2.96. The maximum atomic E-state index is 11.8. The molecule has 136 valence electrons. The van der Waals surface area contributed by atoms with Gasteiger partial charge >= 0.3 is 5.97 Å². The van der Waals surface area contributed by atoms with Crippen LogP contribution in [0.5, 0.6) is 5.75 Å². The SMILES string of the molecule is COC(=O)c1ccc(C=NNC(=O)CSCc2ccc(OC)cc2)cc1. The highest BCUT2D eigenvalue weighted by Gasteiger charge is 2.04. The molecule has 1 N–H and O–H groups in total. The Morgan fingerprint density at radius 1 is 1.08 bits per heavy atom. The van der Waals surface area contributed by atoms with Crippen molar-refractivity contribution in [2.45, 2.75) is 5.75 Å². The lowest BCUT2D eigenvalue weighted by molar-refractivity contribution is -0.118. The van der Waals surface area contributed by atoms with Crippen LogP contribution in [0.1, 0.15) is 21.5 Å². The average Bonchev–Trinajstić information content (AvgIpc) is 2.68. The number of nitrogens with one attached hydrogen (secondary N) is 1. The van der Waals surface area contributed by atoms with Crippen LogP contribution in [-0.2, 0) is 15.3 Å². The lowest BCUT2D eigenvalue weighted by atomic mass is 10.1. The predicted molar refractivity (Wildman–Crippen MR) is 103 cm³/mol. The van der Waals surface area contributed by atoms with Gasteiger partial charge in [-0.2, -0.15) is 5.10 Å². The molecule has 0 radical (unpaired) electrons. The maximum absolute atomic E-state index is 11.8. The van der Waals surface area contributed by atoms with E-state index in [1.54, 1.807) is 31.4 Å². The maximum Gasteiger partial charge on any atom is 0.337 e. The van der Waals surface area contributed by atoms with E-state index in [1.165, 1.54) is 25.1 Å². The number of rotatable bonds is 8. The molecule has 7 heteroatoms. The quantitative estimate of drug-likeness (QED) is 0.438. The van der Waals surface area contributed by atoms with Crippen molar-refractivity contribution in [2.24, 2.45) is 5.10 Å². The number of methoxy groups -OCH3 is 2. The van der Waals surface area contributed by atoms with Crippen LogP contribution in [-0.4, -0.2) is 38.1 Å². The number of hydrogen-bond donors (Lipinski definition) is 1. The molecule has 0 fully saturated rings. The van der Waals surface area contributed by atoms with Gasteiger partial charge in [-0.1, -0.05) is 24.3 Å². The number of hydrogen-bond acceptors (Lipinski definition) is 6. The zero-order valence-corrected chi connectivity index (χ0v) is 15.4. The van der Waals surface area contributed by atoms with Crippen LogP contribution in [0.25, 0.3) is 0 Å². The van der Waals surface area contributed by atoms with E-state index in [0.717, 1.165) is 22.6 Å². The average molecular weight is 372 g/mol. The van der Waals surface area contributed by atoms with Gasteiger partial charge in [0.25, 0.3) is 0 Å². The summed E-state index contributed by atoms with van der Waals surface area (Å²) in [6.45, 7) is 0. The van der Waals surface area contributed by atoms with Crippen LogP contribution in [0.2, 0.25) is 0 Å². The summed E-state index contributed by atoms with van der Waals surface area (Å²) in [6, 6.07) is 14.5. The monoisotopic (exact) mass is 372 g/mol. The Kier molecular flexibility index (Phi) is 7.70. The minimum Gasteiger partial charge on any atom is -0.497 e. The molecular formula is C19H20N2O4S. The predicted octanol–water partition coefficient (Wildman–Crippen LogP) is 2.87. The summed E-state index contributed by atoms with van der Waals surface area (Å²) in [5.41, 5.74) is 4.83. The molecule has 0 aromatic heterocycles. The van der Waals surface area contributed by atoms with Crippen molar-refractivity contribution in [3.8, 4) is 5.75 Å². The highest BCUT2D eigenvalue weighted by Crippen LogP contribution is 2.16. The van der Waals surface area contributed by atoms with E-state index in [2.05, 4.69) is 15.3 Å². The van der Waals surface area contributed by atoms with E-state index in [0.29, 0.717) is 11.3 Å². The van der Waals surface area contributed by atoms with Crippen LogP contribution in [0, 0.1) is 0 Å². The summed E-state index contributed by atoms with van der Waals surface area (Å²) in [5, 5.41) is 3.91. The van der Waals surface area contributed by atoms with E-state index in [9.17, 15) is 9.59 Å². The first-order valence-corrected chi connectivity index (χ1v) is 8.99. The fourth-order valence-electron chi connectivity index (χ4n) is 2.02. The fraction of sp³-hybridized carbons (Fsp3) is 0.211. The standard InChI is InChI=1S/C19H20N2O4S/c1-24-17-9-5-15(6-10-17)12-26-13-18(22)21-20-11-14-3-7-16(8-4-14)19(23)25-2/h3-11H,12-13H2,1-2H3,(H,21,22). The van der Waals surface area contributed by atoms with Crippen LogP contribution in [0.4, 0.5) is 0 Å². The van der Waals surface area contributed by atoms with Gasteiger partial charge in [-0.05, 0) is 35.4 Å². The topological polar surface area (TPSA) is 77.0 Å². The third kappa shape index (κ3) is 6.25.